The molecule has 0 aliphatic rings. The van der Waals surface area contributed by atoms with Crippen molar-refractivity contribution in [1.82, 2.24) is 0 Å². The molecule has 17 heavy (non-hydrogen) atoms. The number of rotatable bonds is 2. The van der Waals surface area contributed by atoms with Gasteiger partial charge in [0.05, 0.1) is 0 Å². The first-order chi connectivity index (χ1) is 8.24. The molecule has 0 radical (unpaired) electrons. The number of aryl methyl sites for hydroxylation is 1. The largest absolute Gasteiger partial charge is 0.458 e. The van der Waals surface area contributed by atoms with Gasteiger partial charge >= 0.3 is 0 Å². The zero-order valence-corrected chi connectivity index (χ0v) is 10.2. The van der Waals surface area contributed by atoms with Gasteiger partial charge in [0.2, 0.25) is 0 Å². The predicted molar refractivity (Wildman–Crippen MR) is 69.3 cm³/mol. The maximum Gasteiger partial charge on any atom is 0.138 e. The minimum Gasteiger partial charge on any atom is -0.458 e. The van der Waals surface area contributed by atoms with Crippen molar-refractivity contribution in [1.29, 1.82) is 0 Å². The average molecular weight is 244 g/mol. The molecule has 3 rings (SSSR count). The van der Waals surface area contributed by atoms with Gasteiger partial charge in [-0.25, -0.2) is 0 Å². The molecule has 0 saturated carbocycles. The molecule has 1 unspecified atom stereocenters. The van der Waals surface area contributed by atoms with Crippen LogP contribution in [0.1, 0.15) is 23.0 Å². The fourth-order valence-corrected chi connectivity index (χ4v) is 2.59. The lowest BCUT2D eigenvalue weighted by Gasteiger charge is -2.03. The normalized spacial score (nSPS) is 13.1. The highest BCUT2D eigenvalue weighted by molar-refractivity contribution is 7.07. The SMILES string of the molecule is Cc1ccc2oc(C(O)c3ccsc3)cc2c1. The summed E-state index contributed by atoms with van der Waals surface area (Å²) in [7, 11) is 0. The molecule has 0 bridgehead atoms. The van der Waals surface area contributed by atoms with Crippen LogP contribution in [0.3, 0.4) is 0 Å². The van der Waals surface area contributed by atoms with E-state index in [1.807, 2.05) is 41.9 Å². The number of furan rings is 1. The predicted octanol–water partition coefficient (Wildman–Crippen LogP) is 3.88. The van der Waals surface area contributed by atoms with Gasteiger partial charge in [0, 0.05) is 5.39 Å². The first-order valence-electron chi connectivity index (χ1n) is 5.44. The van der Waals surface area contributed by atoms with Crippen LogP contribution in [0.4, 0.5) is 0 Å². The number of fused-ring (bicyclic) bond motifs is 1. The van der Waals surface area contributed by atoms with Crippen molar-refractivity contribution < 1.29 is 9.52 Å². The van der Waals surface area contributed by atoms with Gasteiger partial charge in [-0.05, 0) is 47.5 Å². The molecular weight excluding hydrogens is 232 g/mol. The van der Waals surface area contributed by atoms with E-state index in [9.17, 15) is 5.11 Å². The zero-order valence-electron chi connectivity index (χ0n) is 9.38. The molecule has 3 aromatic rings. The molecule has 0 aliphatic heterocycles. The Morgan fingerprint density at radius 1 is 1.24 bits per heavy atom. The molecule has 2 aromatic heterocycles. The highest BCUT2D eigenvalue weighted by atomic mass is 32.1. The van der Waals surface area contributed by atoms with Crippen LogP contribution in [0.5, 0.6) is 0 Å². The van der Waals surface area contributed by atoms with E-state index >= 15 is 0 Å². The molecule has 1 N–H and O–H groups in total. The van der Waals surface area contributed by atoms with E-state index < -0.39 is 6.10 Å². The summed E-state index contributed by atoms with van der Waals surface area (Å²) < 4.78 is 5.66. The van der Waals surface area contributed by atoms with Crippen molar-refractivity contribution >= 4 is 22.3 Å². The average Bonchev–Trinajstić information content (AvgIpc) is 2.96. The van der Waals surface area contributed by atoms with Gasteiger partial charge in [0.15, 0.2) is 0 Å². The van der Waals surface area contributed by atoms with Crippen LogP contribution in [0.25, 0.3) is 11.0 Å². The molecule has 2 heterocycles. The number of hydrogen-bond acceptors (Lipinski definition) is 3. The topological polar surface area (TPSA) is 33.4 Å². The van der Waals surface area contributed by atoms with E-state index in [0.717, 1.165) is 16.5 Å². The van der Waals surface area contributed by atoms with Crippen LogP contribution in [0.2, 0.25) is 0 Å². The monoisotopic (exact) mass is 244 g/mol. The summed E-state index contributed by atoms with van der Waals surface area (Å²) in [4.78, 5) is 0. The third-order valence-electron chi connectivity index (χ3n) is 2.82. The molecule has 3 heteroatoms. The molecular formula is C14H12O2S. The van der Waals surface area contributed by atoms with Crippen molar-refractivity contribution in [3.8, 4) is 0 Å². The molecule has 0 saturated heterocycles. The minimum absolute atomic E-state index is 0.601. The summed E-state index contributed by atoms with van der Waals surface area (Å²) >= 11 is 1.57. The molecule has 1 atom stereocenters. The van der Waals surface area contributed by atoms with Crippen LogP contribution in [-0.2, 0) is 0 Å². The van der Waals surface area contributed by atoms with E-state index in [1.165, 1.54) is 5.56 Å². The summed E-state index contributed by atoms with van der Waals surface area (Å²) in [5, 5.41) is 15.1. The van der Waals surface area contributed by atoms with Crippen molar-refractivity contribution in [2.45, 2.75) is 13.0 Å². The number of benzene rings is 1. The smallest absolute Gasteiger partial charge is 0.138 e. The zero-order chi connectivity index (χ0) is 11.8. The van der Waals surface area contributed by atoms with Crippen molar-refractivity contribution in [3.05, 3.63) is 58.0 Å². The Labute approximate surface area is 103 Å². The van der Waals surface area contributed by atoms with Crippen molar-refractivity contribution in [2.75, 3.05) is 0 Å². The lowest BCUT2D eigenvalue weighted by molar-refractivity contribution is 0.193. The molecule has 86 valence electrons. The third kappa shape index (κ3) is 1.88. The van der Waals surface area contributed by atoms with Crippen LogP contribution in [0, 0.1) is 6.92 Å². The van der Waals surface area contributed by atoms with Gasteiger partial charge in [-0.3, -0.25) is 0 Å². The number of aliphatic hydroxyl groups is 1. The molecule has 0 amide bonds. The van der Waals surface area contributed by atoms with Crippen LogP contribution in [-0.4, -0.2) is 5.11 Å². The van der Waals surface area contributed by atoms with Crippen molar-refractivity contribution in [3.63, 3.8) is 0 Å². The number of thiophene rings is 1. The van der Waals surface area contributed by atoms with Crippen LogP contribution >= 0.6 is 11.3 Å². The highest BCUT2D eigenvalue weighted by Crippen LogP contribution is 2.29. The molecule has 2 nitrogen and oxygen atoms in total. The molecule has 0 spiro atoms. The molecule has 0 aliphatic carbocycles. The number of aliphatic hydroxyl groups excluding tert-OH is 1. The Balaban J connectivity index is 2.06. The lowest BCUT2D eigenvalue weighted by atomic mass is 10.1. The lowest BCUT2D eigenvalue weighted by Crippen LogP contribution is -1.94. The van der Waals surface area contributed by atoms with E-state index in [1.54, 1.807) is 11.3 Å². The summed E-state index contributed by atoms with van der Waals surface area (Å²) in [6.45, 7) is 2.04. The maximum atomic E-state index is 10.2. The second-order valence-electron chi connectivity index (χ2n) is 4.15. The quantitative estimate of drug-likeness (QED) is 0.742. The minimum atomic E-state index is -0.672. The summed E-state index contributed by atoms with van der Waals surface area (Å²) in [6, 6.07) is 9.82. The second-order valence-corrected chi connectivity index (χ2v) is 4.93. The first-order valence-corrected chi connectivity index (χ1v) is 6.38. The van der Waals surface area contributed by atoms with Crippen molar-refractivity contribution in [2.24, 2.45) is 0 Å². The Bertz CT molecular complexity index is 637. The van der Waals surface area contributed by atoms with Gasteiger partial charge < -0.3 is 9.52 Å². The van der Waals surface area contributed by atoms with E-state index in [4.69, 9.17) is 4.42 Å². The molecule has 0 fully saturated rings. The first kappa shape index (κ1) is 10.6. The Kier molecular flexibility index (Phi) is 2.50. The van der Waals surface area contributed by atoms with E-state index in [0.29, 0.717) is 5.76 Å². The van der Waals surface area contributed by atoms with Gasteiger partial charge in [-0.15, -0.1) is 0 Å². The Morgan fingerprint density at radius 2 is 2.12 bits per heavy atom. The van der Waals surface area contributed by atoms with E-state index in [-0.39, 0.29) is 0 Å². The fraction of sp³-hybridized carbons (Fsp3) is 0.143. The fourth-order valence-electron chi connectivity index (χ4n) is 1.91. The summed E-state index contributed by atoms with van der Waals surface area (Å²) in [6.07, 6.45) is -0.672. The Morgan fingerprint density at radius 3 is 2.88 bits per heavy atom. The molecule has 1 aromatic carbocycles. The Hall–Kier alpha value is -1.58. The van der Waals surface area contributed by atoms with Crippen LogP contribution in [0.15, 0.2) is 45.5 Å². The van der Waals surface area contributed by atoms with Crippen LogP contribution < -0.4 is 0 Å². The summed E-state index contributed by atoms with van der Waals surface area (Å²) in [5.74, 6) is 0.601. The maximum absolute atomic E-state index is 10.2. The van der Waals surface area contributed by atoms with Gasteiger partial charge in [0.25, 0.3) is 0 Å². The number of hydrogen-bond donors (Lipinski definition) is 1. The highest BCUT2D eigenvalue weighted by Gasteiger charge is 2.15. The van der Waals surface area contributed by atoms with E-state index in [2.05, 4.69) is 6.07 Å². The van der Waals surface area contributed by atoms with Gasteiger partial charge in [0.1, 0.15) is 17.4 Å². The third-order valence-corrected chi connectivity index (χ3v) is 3.52. The second kappa shape index (κ2) is 4.02. The standard InChI is InChI=1S/C14H12O2S/c1-9-2-3-12-11(6-9)7-13(16-12)14(15)10-4-5-17-8-10/h2-8,14-15H,1H3. The van der Waals surface area contributed by atoms with Gasteiger partial charge in [-0.2, -0.15) is 11.3 Å². The summed E-state index contributed by atoms with van der Waals surface area (Å²) in [5.41, 5.74) is 2.89. The van der Waals surface area contributed by atoms with Gasteiger partial charge in [-0.1, -0.05) is 11.6 Å².